The maximum Gasteiger partial charge on any atom is 0.316 e. The summed E-state index contributed by atoms with van der Waals surface area (Å²) in [5.41, 5.74) is 0.630. The lowest BCUT2D eigenvalue weighted by molar-refractivity contribution is -0.145. The van der Waals surface area contributed by atoms with Crippen molar-refractivity contribution >= 4 is 47.5 Å². The lowest BCUT2D eigenvalue weighted by Crippen LogP contribution is -2.42. The highest BCUT2D eigenvalue weighted by Crippen LogP contribution is 2.41. The molecule has 222 valence electrons. The van der Waals surface area contributed by atoms with E-state index in [1.807, 2.05) is 26.8 Å². The van der Waals surface area contributed by atoms with Crippen LogP contribution in [-0.4, -0.2) is 42.6 Å². The summed E-state index contributed by atoms with van der Waals surface area (Å²) in [5.74, 6) is 0.419. The normalized spacial score (nSPS) is 15.2. The highest BCUT2D eigenvalue weighted by Gasteiger charge is 2.33. The van der Waals surface area contributed by atoms with Gasteiger partial charge in [0.1, 0.15) is 6.61 Å². The predicted octanol–water partition coefficient (Wildman–Crippen LogP) is 7.97. The van der Waals surface area contributed by atoms with Gasteiger partial charge in [0.15, 0.2) is 17.2 Å². The van der Waals surface area contributed by atoms with Crippen molar-refractivity contribution in [2.24, 2.45) is 10.8 Å². The van der Waals surface area contributed by atoms with E-state index in [0.717, 1.165) is 43.5 Å². The zero-order valence-electron chi connectivity index (χ0n) is 24.6. The van der Waals surface area contributed by atoms with Gasteiger partial charge in [-0.3, -0.25) is 14.5 Å². The maximum atomic E-state index is 12.9. The Morgan fingerprint density at radius 1 is 0.900 bits per heavy atom. The molecule has 0 aromatic heterocycles. The first kappa shape index (κ1) is 34.2. The Hall–Kier alpha value is -1.99. The van der Waals surface area contributed by atoms with E-state index in [2.05, 4.69) is 11.8 Å². The van der Waals surface area contributed by atoms with E-state index in [0.29, 0.717) is 40.3 Å². The molecule has 0 N–H and O–H groups in total. The van der Waals surface area contributed by atoms with Crippen LogP contribution in [0.5, 0.6) is 17.2 Å². The molecule has 1 unspecified atom stereocenters. The van der Waals surface area contributed by atoms with Crippen molar-refractivity contribution in [3.8, 4) is 17.2 Å². The Balaban J connectivity index is 0.00000560. The zero-order chi connectivity index (χ0) is 29.0. The summed E-state index contributed by atoms with van der Waals surface area (Å²) in [4.78, 5) is 28.0. The fourth-order valence-corrected chi connectivity index (χ4v) is 4.94. The Morgan fingerprint density at radius 3 is 2.08 bits per heavy atom. The molecule has 0 amide bonds. The predicted molar refractivity (Wildman–Crippen MR) is 164 cm³/mol. The first-order chi connectivity index (χ1) is 18.2. The average molecular weight is 615 g/mol. The van der Waals surface area contributed by atoms with Crippen molar-refractivity contribution in [1.82, 2.24) is 4.90 Å². The van der Waals surface area contributed by atoms with Crippen LogP contribution in [0.1, 0.15) is 72.4 Å². The molecule has 0 radical (unpaired) electrons. The molecule has 0 bridgehead atoms. The number of esters is 2. The van der Waals surface area contributed by atoms with Crippen molar-refractivity contribution in [3.05, 3.63) is 51.5 Å². The summed E-state index contributed by atoms with van der Waals surface area (Å²) < 4.78 is 17.6. The van der Waals surface area contributed by atoms with Crippen molar-refractivity contribution in [2.45, 2.75) is 80.2 Å². The molecule has 0 saturated heterocycles. The van der Waals surface area contributed by atoms with E-state index in [1.165, 1.54) is 0 Å². The van der Waals surface area contributed by atoms with Gasteiger partial charge in [0.25, 0.3) is 0 Å². The molecule has 40 heavy (non-hydrogen) atoms. The fourth-order valence-electron chi connectivity index (χ4n) is 4.43. The molecule has 0 aliphatic heterocycles. The number of benzene rings is 2. The van der Waals surface area contributed by atoms with Gasteiger partial charge in [-0.05, 0) is 97.5 Å². The number of hydrogen-bond acceptors (Lipinski definition) is 6. The minimum Gasteiger partial charge on any atom is -0.489 e. The van der Waals surface area contributed by atoms with Crippen LogP contribution in [0.4, 0.5) is 0 Å². The van der Waals surface area contributed by atoms with Gasteiger partial charge in [-0.2, -0.15) is 0 Å². The van der Waals surface area contributed by atoms with Gasteiger partial charge >= 0.3 is 11.9 Å². The fraction of sp³-hybridized carbons (Fsp3) is 0.548. The van der Waals surface area contributed by atoms with Crippen LogP contribution >= 0.6 is 35.6 Å². The molecule has 0 spiro atoms. The molecule has 0 saturated carbocycles. The molecule has 0 heterocycles. The molecular weight excluding hydrogens is 573 g/mol. The number of nitrogens with zero attached hydrogens (tertiary/aromatic N) is 1. The summed E-state index contributed by atoms with van der Waals surface area (Å²) in [7, 11) is 0. The molecule has 3 rings (SSSR count). The number of fused-ring (bicyclic) bond motifs is 1. The second kappa shape index (κ2) is 14.3. The Labute approximate surface area is 255 Å². The first-order valence-electron chi connectivity index (χ1n) is 13.6. The van der Waals surface area contributed by atoms with Crippen molar-refractivity contribution in [3.63, 3.8) is 0 Å². The van der Waals surface area contributed by atoms with Crippen molar-refractivity contribution in [2.75, 3.05) is 19.7 Å². The van der Waals surface area contributed by atoms with Gasteiger partial charge in [0.05, 0.1) is 20.9 Å². The van der Waals surface area contributed by atoms with Crippen LogP contribution in [0.15, 0.2) is 30.3 Å². The van der Waals surface area contributed by atoms with E-state index in [9.17, 15) is 9.59 Å². The minimum absolute atomic E-state index is 0. The topological polar surface area (TPSA) is 65.1 Å². The standard InChI is InChI=1S/C31H41Cl2NO5.ClH/c1-8-16-34(17-18-37-27-23(32)10-9-11-24(27)33)21-13-14-22-20(19-21)12-15-25(38-28(35)30(2,3)4)26(22)39-29(36)31(5,6)7;/h9-12,15,21H,8,13-14,16-19H2,1-7H3;1H. The number of para-hydroxylation sites is 1. The molecule has 1 aliphatic rings. The minimum atomic E-state index is -0.701. The summed E-state index contributed by atoms with van der Waals surface area (Å²) in [6, 6.07) is 9.36. The van der Waals surface area contributed by atoms with E-state index < -0.39 is 10.8 Å². The average Bonchev–Trinajstić information content (AvgIpc) is 2.85. The molecular formula is C31H42Cl3NO5. The number of rotatable bonds is 9. The van der Waals surface area contributed by atoms with Crippen LogP contribution in [0, 0.1) is 10.8 Å². The second-order valence-electron chi connectivity index (χ2n) is 12.1. The van der Waals surface area contributed by atoms with Gasteiger partial charge in [-0.15, -0.1) is 12.4 Å². The van der Waals surface area contributed by atoms with Crippen LogP contribution in [-0.2, 0) is 22.4 Å². The molecule has 2 aromatic rings. The van der Waals surface area contributed by atoms with Crippen LogP contribution in [0.25, 0.3) is 0 Å². The summed E-state index contributed by atoms with van der Waals surface area (Å²) in [5, 5.41) is 0.993. The zero-order valence-corrected chi connectivity index (χ0v) is 26.9. The second-order valence-corrected chi connectivity index (χ2v) is 13.0. The monoisotopic (exact) mass is 613 g/mol. The summed E-state index contributed by atoms with van der Waals surface area (Å²) >= 11 is 12.5. The Morgan fingerprint density at radius 2 is 1.50 bits per heavy atom. The lowest BCUT2D eigenvalue weighted by atomic mass is 9.86. The van der Waals surface area contributed by atoms with Gasteiger partial charge in [0, 0.05) is 18.2 Å². The largest absolute Gasteiger partial charge is 0.489 e. The number of carbonyl (C=O) groups is 2. The smallest absolute Gasteiger partial charge is 0.316 e. The lowest BCUT2D eigenvalue weighted by Gasteiger charge is -2.36. The van der Waals surface area contributed by atoms with Gasteiger partial charge < -0.3 is 14.2 Å². The van der Waals surface area contributed by atoms with Crippen LogP contribution in [0.2, 0.25) is 10.0 Å². The molecule has 9 heteroatoms. The SMILES string of the molecule is CCCN(CCOc1c(Cl)cccc1Cl)C1CCc2c(ccc(OC(=O)C(C)(C)C)c2OC(=O)C(C)(C)C)C1.Cl. The molecule has 1 aliphatic carbocycles. The Bertz CT molecular complexity index is 1170. The van der Waals surface area contributed by atoms with Crippen LogP contribution in [0.3, 0.4) is 0 Å². The van der Waals surface area contributed by atoms with E-state index in [-0.39, 0.29) is 30.4 Å². The van der Waals surface area contributed by atoms with Gasteiger partial charge in [0.2, 0.25) is 0 Å². The number of hydrogen-bond donors (Lipinski definition) is 0. The molecule has 0 fully saturated rings. The number of ether oxygens (including phenoxy) is 3. The highest BCUT2D eigenvalue weighted by molar-refractivity contribution is 6.37. The molecule has 1 atom stereocenters. The quantitative estimate of drug-likeness (QED) is 0.211. The van der Waals surface area contributed by atoms with Gasteiger partial charge in [-0.1, -0.05) is 42.3 Å². The number of carbonyl (C=O) groups excluding carboxylic acids is 2. The summed E-state index contributed by atoms with van der Waals surface area (Å²) in [6.45, 7) is 15.1. The first-order valence-corrected chi connectivity index (χ1v) is 14.4. The van der Waals surface area contributed by atoms with Gasteiger partial charge in [-0.25, -0.2) is 0 Å². The summed E-state index contributed by atoms with van der Waals surface area (Å²) in [6.07, 6.45) is 3.36. The third kappa shape index (κ3) is 8.75. The Kier molecular flexibility index (Phi) is 12.2. The molecule has 6 nitrogen and oxygen atoms in total. The third-order valence-electron chi connectivity index (χ3n) is 6.70. The van der Waals surface area contributed by atoms with Crippen molar-refractivity contribution in [1.29, 1.82) is 0 Å². The van der Waals surface area contributed by atoms with E-state index in [4.69, 9.17) is 37.4 Å². The van der Waals surface area contributed by atoms with E-state index in [1.54, 1.807) is 45.0 Å². The van der Waals surface area contributed by atoms with Crippen LogP contribution < -0.4 is 14.2 Å². The maximum absolute atomic E-state index is 12.9. The number of halogens is 3. The van der Waals surface area contributed by atoms with Crippen molar-refractivity contribution < 1.29 is 23.8 Å². The highest BCUT2D eigenvalue weighted by atomic mass is 35.5. The molecule has 2 aromatic carbocycles. The third-order valence-corrected chi connectivity index (χ3v) is 7.29. The van der Waals surface area contributed by atoms with E-state index >= 15 is 0 Å².